The standard InChI is InChI=1S/C22H40O3/c1-2-3-4-5-6-7-8-9-10-11-12-13-14-15-16-19-22(24)25-21-18-17-20-23/h9-10,20H,2-8,11-19,21H2,1H3/b10-9-. The Kier molecular flexibility index (Phi) is 20.0. The van der Waals surface area contributed by atoms with Gasteiger partial charge in [0.1, 0.15) is 6.29 Å². The molecule has 0 amide bonds. The van der Waals surface area contributed by atoms with Crippen molar-refractivity contribution < 1.29 is 14.3 Å². The average Bonchev–Trinajstić information content (AvgIpc) is 2.62. The van der Waals surface area contributed by atoms with Crippen LogP contribution >= 0.6 is 0 Å². The highest BCUT2D eigenvalue weighted by molar-refractivity contribution is 5.69. The Balaban J connectivity index is 3.18. The maximum atomic E-state index is 11.4. The lowest BCUT2D eigenvalue weighted by Gasteiger charge is -2.03. The van der Waals surface area contributed by atoms with Crippen molar-refractivity contribution in [3.8, 4) is 0 Å². The van der Waals surface area contributed by atoms with Gasteiger partial charge in [-0.3, -0.25) is 4.79 Å². The molecule has 0 saturated heterocycles. The van der Waals surface area contributed by atoms with Gasteiger partial charge in [-0.2, -0.15) is 0 Å². The molecule has 146 valence electrons. The Morgan fingerprint density at radius 2 is 1.28 bits per heavy atom. The van der Waals surface area contributed by atoms with E-state index in [2.05, 4.69) is 19.1 Å². The van der Waals surface area contributed by atoms with Crippen LogP contribution in [0, 0.1) is 0 Å². The summed E-state index contributed by atoms with van der Waals surface area (Å²) in [5.41, 5.74) is 0. The molecule has 0 spiro atoms. The van der Waals surface area contributed by atoms with E-state index in [1.54, 1.807) is 0 Å². The van der Waals surface area contributed by atoms with Gasteiger partial charge < -0.3 is 9.53 Å². The molecule has 0 aromatic rings. The maximum Gasteiger partial charge on any atom is 0.305 e. The smallest absolute Gasteiger partial charge is 0.305 e. The van der Waals surface area contributed by atoms with E-state index < -0.39 is 0 Å². The molecule has 0 N–H and O–H groups in total. The molecule has 0 rings (SSSR count). The number of esters is 1. The highest BCUT2D eigenvalue weighted by atomic mass is 16.5. The zero-order chi connectivity index (χ0) is 18.4. The maximum absolute atomic E-state index is 11.4. The molecule has 0 unspecified atom stereocenters. The lowest BCUT2D eigenvalue weighted by atomic mass is 10.1. The van der Waals surface area contributed by atoms with Crippen molar-refractivity contribution in [3.63, 3.8) is 0 Å². The fraction of sp³-hybridized carbons (Fsp3) is 0.818. The predicted molar refractivity (Wildman–Crippen MR) is 106 cm³/mol. The lowest BCUT2D eigenvalue weighted by molar-refractivity contribution is -0.144. The third-order valence-corrected chi connectivity index (χ3v) is 4.37. The van der Waals surface area contributed by atoms with Gasteiger partial charge in [0.05, 0.1) is 6.61 Å². The van der Waals surface area contributed by atoms with Crippen molar-refractivity contribution in [3.05, 3.63) is 12.2 Å². The van der Waals surface area contributed by atoms with Gasteiger partial charge in [0, 0.05) is 12.8 Å². The van der Waals surface area contributed by atoms with Crippen LogP contribution in [0.4, 0.5) is 0 Å². The van der Waals surface area contributed by atoms with Crippen molar-refractivity contribution in [2.75, 3.05) is 6.61 Å². The van der Waals surface area contributed by atoms with Crippen LogP contribution in [-0.4, -0.2) is 18.9 Å². The second-order valence-corrected chi connectivity index (χ2v) is 6.86. The van der Waals surface area contributed by atoms with Crippen molar-refractivity contribution in [2.24, 2.45) is 0 Å². The number of ether oxygens (including phenoxy) is 1. The SMILES string of the molecule is CCCCCCCC/C=C\CCCCCCCC(=O)OCCCC=O. The predicted octanol–water partition coefficient (Wildman–Crippen LogP) is 6.55. The van der Waals surface area contributed by atoms with E-state index in [0.29, 0.717) is 25.9 Å². The minimum atomic E-state index is -0.122. The molecule has 0 atom stereocenters. The average molecular weight is 353 g/mol. The van der Waals surface area contributed by atoms with E-state index in [9.17, 15) is 9.59 Å². The van der Waals surface area contributed by atoms with Gasteiger partial charge in [0.15, 0.2) is 0 Å². The second kappa shape index (κ2) is 20.9. The Morgan fingerprint density at radius 1 is 0.720 bits per heavy atom. The summed E-state index contributed by atoms with van der Waals surface area (Å²) in [5, 5.41) is 0. The van der Waals surface area contributed by atoms with Crippen LogP contribution in [0.15, 0.2) is 12.2 Å². The first-order valence-corrected chi connectivity index (χ1v) is 10.6. The summed E-state index contributed by atoms with van der Waals surface area (Å²) in [6.45, 7) is 2.64. The number of hydrogen-bond acceptors (Lipinski definition) is 3. The molecule has 3 nitrogen and oxygen atoms in total. The number of carbonyl (C=O) groups is 2. The van der Waals surface area contributed by atoms with E-state index in [1.807, 2.05) is 0 Å². The molecule has 0 aliphatic heterocycles. The van der Waals surface area contributed by atoms with E-state index in [4.69, 9.17) is 4.74 Å². The molecular formula is C22H40O3. The summed E-state index contributed by atoms with van der Waals surface area (Å²) in [5.74, 6) is -0.122. The van der Waals surface area contributed by atoms with Gasteiger partial charge in [-0.15, -0.1) is 0 Å². The molecule has 0 radical (unpaired) electrons. The van der Waals surface area contributed by atoms with Crippen LogP contribution in [0.3, 0.4) is 0 Å². The minimum absolute atomic E-state index is 0.122. The van der Waals surface area contributed by atoms with Gasteiger partial charge in [-0.25, -0.2) is 0 Å². The quantitative estimate of drug-likeness (QED) is 0.115. The van der Waals surface area contributed by atoms with Gasteiger partial charge in [0.25, 0.3) is 0 Å². The van der Waals surface area contributed by atoms with Crippen LogP contribution in [0.2, 0.25) is 0 Å². The van der Waals surface area contributed by atoms with Crippen LogP contribution in [0.5, 0.6) is 0 Å². The van der Waals surface area contributed by atoms with Crippen molar-refractivity contribution in [1.82, 2.24) is 0 Å². The number of carbonyl (C=O) groups excluding carboxylic acids is 2. The molecule has 0 fully saturated rings. The summed E-state index contributed by atoms with van der Waals surface area (Å²) >= 11 is 0. The first-order valence-electron chi connectivity index (χ1n) is 10.6. The van der Waals surface area contributed by atoms with Crippen LogP contribution in [0.1, 0.15) is 110 Å². The molecule has 0 heterocycles. The van der Waals surface area contributed by atoms with E-state index in [-0.39, 0.29) is 5.97 Å². The molecule has 25 heavy (non-hydrogen) atoms. The molecule has 3 heteroatoms. The summed E-state index contributed by atoms with van der Waals surface area (Å²) in [4.78, 5) is 21.6. The molecule has 0 aliphatic carbocycles. The molecule has 0 aromatic carbocycles. The van der Waals surface area contributed by atoms with E-state index in [1.165, 1.54) is 70.6 Å². The largest absolute Gasteiger partial charge is 0.466 e. The molecular weight excluding hydrogens is 312 g/mol. The number of rotatable bonds is 19. The molecule has 0 bridgehead atoms. The second-order valence-electron chi connectivity index (χ2n) is 6.86. The van der Waals surface area contributed by atoms with Gasteiger partial charge in [-0.05, 0) is 38.5 Å². The third kappa shape index (κ3) is 20.8. The van der Waals surface area contributed by atoms with E-state index in [0.717, 1.165) is 19.1 Å². The summed E-state index contributed by atoms with van der Waals surface area (Å²) in [6, 6.07) is 0. The Labute approximate surface area is 155 Å². The normalized spacial score (nSPS) is 11.1. The highest BCUT2D eigenvalue weighted by Gasteiger charge is 2.01. The Morgan fingerprint density at radius 3 is 1.88 bits per heavy atom. The zero-order valence-corrected chi connectivity index (χ0v) is 16.5. The summed E-state index contributed by atoms with van der Waals surface area (Å²) in [7, 11) is 0. The number of unbranched alkanes of at least 4 members (excludes halogenated alkanes) is 12. The molecule has 0 saturated carbocycles. The first-order chi connectivity index (χ1) is 12.3. The Bertz CT molecular complexity index is 323. The van der Waals surface area contributed by atoms with Crippen LogP contribution in [-0.2, 0) is 14.3 Å². The number of aldehydes is 1. The highest BCUT2D eigenvalue weighted by Crippen LogP contribution is 2.10. The monoisotopic (exact) mass is 352 g/mol. The third-order valence-electron chi connectivity index (χ3n) is 4.37. The van der Waals surface area contributed by atoms with Crippen molar-refractivity contribution in [2.45, 2.75) is 110 Å². The van der Waals surface area contributed by atoms with Gasteiger partial charge >= 0.3 is 5.97 Å². The minimum Gasteiger partial charge on any atom is -0.466 e. The van der Waals surface area contributed by atoms with Crippen molar-refractivity contribution in [1.29, 1.82) is 0 Å². The van der Waals surface area contributed by atoms with Crippen LogP contribution in [0.25, 0.3) is 0 Å². The summed E-state index contributed by atoms with van der Waals surface area (Å²) in [6.07, 6.45) is 23.5. The van der Waals surface area contributed by atoms with Crippen LogP contribution < -0.4 is 0 Å². The van der Waals surface area contributed by atoms with Gasteiger partial charge in [0.2, 0.25) is 0 Å². The number of hydrogen-bond donors (Lipinski definition) is 0. The molecule has 0 aromatic heterocycles. The summed E-state index contributed by atoms with van der Waals surface area (Å²) < 4.78 is 5.06. The van der Waals surface area contributed by atoms with E-state index >= 15 is 0 Å². The Hall–Kier alpha value is -1.12. The first kappa shape index (κ1) is 23.9. The van der Waals surface area contributed by atoms with Gasteiger partial charge in [-0.1, -0.05) is 70.4 Å². The molecule has 0 aliphatic rings. The number of allylic oxidation sites excluding steroid dienone is 2. The zero-order valence-electron chi connectivity index (χ0n) is 16.5. The fourth-order valence-corrected chi connectivity index (χ4v) is 2.76. The van der Waals surface area contributed by atoms with Crippen molar-refractivity contribution >= 4 is 12.3 Å². The fourth-order valence-electron chi connectivity index (χ4n) is 2.76. The lowest BCUT2D eigenvalue weighted by Crippen LogP contribution is -2.05. The topological polar surface area (TPSA) is 43.4 Å².